The zero-order valence-electron chi connectivity index (χ0n) is 11.4. The van der Waals surface area contributed by atoms with Crippen molar-refractivity contribution in [1.82, 2.24) is 5.32 Å². The number of nitrogens with zero attached hydrogens (tertiary/aromatic N) is 1. The van der Waals surface area contributed by atoms with Gasteiger partial charge in [0.15, 0.2) is 5.17 Å². The molecule has 1 saturated heterocycles. The summed E-state index contributed by atoms with van der Waals surface area (Å²) in [5.41, 5.74) is 0.464. The molecule has 0 aromatic carbocycles. The van der Waals surface area contributed by atoms with E-state index < -0.39 is 0 Å². The Morgan fingerprint density at radius 1 is 1.33 bits per heavy atom. The number of hydrogen-bond donors (Lipinski definition) is 1. The first-order valence-electron chi connectivity index (χ1n) is 6.88. The highest BCUT2D eigenvalue weighted by Crippen LogP contribution is 2.34. The van der Waals surface area contributed by atoms with Crippen LogP contribution in [0.25, 0.3) is 0 Å². The fourth-order valence-corrected chi connectivity index (χ4v) is 6.09. The molecule has 0 aliphatic carbocycles. The number of thioether (sulfide) groups is 3. The zero-order valence-corrected chi connectivity index (χ0v) is 13.9. The van der Waals surface area contributed by atoms with E-state index in [1.165, 1.54) is 41.0 Å². The van der Waals surface area contributed by atoms with E-state index in [0.717, 1.165) is 18.3 Å². The van der Waals surface area contributed by atoms with Gasteiger partial charge in [-0.25, -0.2) is 0 Å². The van der Waals surface area contributed by atoms with Gasteiger partial charge in [0.1, 0.15) is 0 Å². The Morgan fingerprint density at radius 3 is 2.72 bits per heavy atom. The van der Waals surface area contributed by atoms with E-state index in [4.69, 9.17) is 4.99 Å². The third-order valence-electron chi connectivity index (χ3n) is 3.94. The van der Waals surface area contributed by atoms with Gasteiger partial charge in [-0.3, -0.25) is 4.99 Å². The summed E-state index contributed by atoms with van der Waals surface area (Å²) in [4.78, 5) is 4.76. The van der Waals surface area contributed by atoms with E-state index in [0.29, 0.717) is 5.41 Å². The highest BCUT2D eigenvalue weighted by Gasteiger charge is 2.30. The Labute approximate surface area is 124 Å². The molecule has 1 atom stereocenters. The normalized spacial score (nSPS) is 27.7. The fraction of sp³-hybridized carbons (Fsp3) is 0.923. The van der Waals surface area contributed by atoms with Crippen LogP contribution >= 0.6 is 35.3 Å². The van der Waals surface area contributed by atoms with Crippen molar-refractivity contribution >= 4 is 40.5 Å². The molecule has 2 aliphatic heterocycles. The lowest BCUT2D eigenvalue weighted by Gasteiger charge is -2.33. The molecule has 1 N–H and O–H groups in total. The van der Waals surface area contributed by atoms with Gasteiger partial charge in [-0.1, -0.05) is 25.6 Å². The van der Waals surface area contributed by atoms with E-state index in [1.54, 1.807) is 0 Å². The van der Waals surface area contributed by atoms with Crippen molar-refractivity contribution < 1.29 is 0 Å². The first-order chi connectivity index (χ1) is 8.78. The Hall–Kier alpha value is 0.520. The lowest BCUT2D eigenvalue weighted by molar-refractivity contribution is 0.318. The highest BCUT2D eigenvalue weighted by atomic mass is 32.2. The molecule has 5 heteroatoms. The molecule has 2 rings (SSSR count). The van der Waals surface area contributed by atoms with Gasteiger partial charge in [0, 0.05) is 41.4 Å². The molecule has 0 saturated carbocycles. The van der Waals surface area contributed by atoms with Crippen molar-refractivity contribution in [3.63, 3.8) is 0 Å². The summed E-state index contributed by atoms with van der Waals surface area (Å²) >= 11 is 6.13. The van der Waals surface area contributed by atoms with Gasteiger partial charge in [-0.05, 0) is 18.3 Å². The zero-order chi connectivity index (χ0) is 12.8. The van der Waals surface area contributed by atoms with Crippen LogP contribution in [0.4, 0.5) is 0 Å². The lowest BCUT2D eigenvalue weighted by atomic mass is 9.84. The molecule has 0 bridgehead atoms. The smallest absolute Gasteiger partial charge is 0.156 e. The van der Waals surface area contributed by atoms with Crippen LogP contribution in [0, 0.1) is 5.41 Å². The van der Waals surface area contributed by atoms with E-state index in [-0.39, 0.29) is 0 Å². The van der Waals surface area contributed by atoms with E-state index in [1.807, 2.05) is 11.8 Å². The average Bonchev–Trinajstić information content (AvgIpc) is 2.47. The summed E-state index contributed by atoms with van der Waals surface area (Å²) in [6, 6.07) is 0. The number of hydrogen-bond acceptors (Lipinski definition) is 5. The van der Waals surface area contributed by atoms with Crippen LogP contribution in [-0.4, -0.2) is 46.5 Å². The van der Waals surface area contributed by atoms with E-state index in [9.17, 15) is 0 Å². The largest absolute Gasteiger partial charge is 0.364 e. The molecule has 0 aromatic rings. The monoisotopic (exact) mass is 304 g/mol. The molecule has 0 radical (unpaired) electrons. The molecule has 18 heavy (non-hydrogen) atoms. The average molecular weight is 305 g/mol. The van der Waals surface area contributed by atoms with Crippen LogP contribution in [0.5, 0.6) is 0 Å². The minimum Gasteiger partial charge on any atom is -0.364 e. The molecule has 0 amide bonds. The van der Waals surface area contributed by atoms with Crippen LogP contribution in [0.2, 0.25) is 0 Å². The standard InChI is InChI=1S/C13H24N2S3/c1-3-13(4-2)9-15-12(18-10-13)14-7-11-8-16-5-6-17-11/h11H,3-10H2,1-2H3,(H,14,15). The Balaban J connectivity index is 1.76. The maximum Gasteiger partial charge on any atom is 0.156 e. The second-order valence-electron chi connectivity index (χ2n) is 5.07. The van der Waals surface area contributed by atoms with Crippen LogP contribution in [0.3, 0.4) is 0 Å². The van der Waals surface area contributed by atoms with Gasteiger partial charge in [-0.15, -0.1) is 0 Å². The maximum atomic E-state index is 4.76. The van der Waals surface area contributed by atoms with Gasteiger partial charge in [0.05, 0.1) is 0 Å². The predicted octanol–water partition coefficient (Wildman–Crippen LogP) is 3.33. The minimum absolute atomic E-state index is 0.464. The van der Waals surface area contributed by atoms with Crippen LogP contribution in [0.15, 0.2) is 4.99 Å². The predicted molar refractivity (Wildman–Crippen MR) is 89.3 cm³/mol. The molecule has 2 nitrogen and oxygen atoms in total. The molecule has 2 heterocycles. The number of amidine groups is 1. The van der Waals surface area contributed by atoms with E-state index in [2.05, 4.69) is 42.7 Å². The van der Waals surface area contributed by atoms with Crippen molar-refractivity contribution in [3.8, 4) is 0 Å². The SMILES string of the molecule is CCC1(CC)CN=C(NCC2CSCCS2)SC1. The fourth-order valence-electron chi connectivity index (χ4n) is 2.19. The summed E-state index contributed by atoms with van der Waals surface area (Å²) in [5.74, 6) is 5.17. The van der Waals surface area contributed by atoms with E-state index >= 15 is 0 Å². The topological polar surface area (TPSA) is 24.4 Å². The molecule has 1 unspecified atom stereocenters. The van der Waals surface area contributed by atoms with Gasteiger partial charge in [0.25, 0.3) is 0 Å². The summed E-state index contributed by atoms with van der Waals surface area (Å²) in [6.07, 6.45) is 2.50. The molecular formula is C13H24N2S3. The highest BCUT2D eigenvalue weighted by molar-refractivity contribution is 8.13. The van der Waals surface area contributed by atoms with Crippen LogP contribution in [0.1, 0.15) is 26.7 Å². The maximum absolute atomic E-state index is 4.76. The first kappa shape index (κ1) is 14.9. The van der Waals surface area contributed by atoms with Crippen molar-refractivity contribution in [2.24, 2.45) is 10.4 Å². The van der Waals surface area contributed by atoms with Gasteiger partial charge < -0.3 is 5.32 Å². The third kappa shape index (κ3) is 4.01. The first-order valence-corrected chi connectivity index (χ1v) is 10.1. The summed E-state index contributed by atoms with van der Waals surface area (Å²) in [5, 5.41) is 5.51. The Kier molecular flexibility index (Phi) is 6.09. The minimum atomic E-state index is 0.464. The summed E-state index contributed by atoms with van der Waals surface area (Å²) in [6.45, 7) is 6.71. The second-order valence-corrected chi connectivity index (χ2v) is 8.59. The number of nitrogens with one attached hydrogen (secondary N) is 1. The molecule has 104 valence electrons. The Morgan fingerprint density at radius 2 is 2.17 bits per heavy atom. The van der Waals surface area contributed by atoms with Crippen LogP contribution < -0.4 is 5.32 Å². The molecule has 2 aliphatic rings. The van der Waals surface area contributed by atoms with Crippen molar-refractivity contribution in [1.29, 1.82) is 0 Å². The van der Waals surface area contributed by atoms with Crippen molar-refractivity contribution in [3.05, 3.63) is 0 Å². The molecule has 0 aromatic heterocycles. The Bertz CT molecular complexity index is 284. The number of rotatable bonds is 4. The van der Waals surface area contributed by atoms with Crippen LogP contribution in [-0.2, 0) is 0 Å². The lowest BCUT2D eigenvalue weighted by Crippen LogP contribution is -2.37. The van der Waals surface area contributed by atoms with Gasteiger partial charge >= 0.3 is 0 Å². The van der Waals surface area contributed by atoms with Gasteiger partial charge in [0.2, 0.25) is 0 Å². The molecular weight excluding hydrogens is 280 g/mol. The van der Waals surface area contributed by atoms with Gasteiger partial charge in [-0.2, -0.15) is 23.5 Å². The second kappa shape index (κ2) is 7.34. The third-order valence-corrected chi connectivity index (χ3v) is 8.09. The number of aliphatic imine (C=N–C) groups is 1. The van der Waals surface area contributed by atoms with Crippen molar-refractivity contribution in [2.45, 2.75) is 31.9 Å². The summed E-state index contributed by atoms with van der Waals surface area (Å²) in [7, 11) is 0. The van der Waals surface area contributed by atoms with Crippen molar-refractivity contribution in [2.75, 3.05) is 36.1 Å². The molecule has 0 spiro atoms. The molecule has 1 fully saturated rings. The quantitative estimate of drug-likeness (QED) is 0.861. The summed E-state index contributed by atoms with van der Waals surface area (Å²) < 4.78 is 0.